The molecule has 0 spiro atoms. The van der Waals surface area contributed by atoms with Crippen LogP contribution in [0.4, 0.5) is 4.39 Å². The fourth-order valence-corrected chi connectivity index (χ4v) is 2.00. The highest BCUT2D eigenvalue weighted by atomic mass is 19.1. The van der Waals surface area contributed by atoms with Gasteiger partial charge in [-0.1, -0.05) is 18.1 Å². The fraction of sp³-hybridized carbons (Fsp3) is 0.467. The third-order valence-corrected chi connectivity index (χ3v) is 3.07. The Labute approximate surface area is 123 Å². The number of nitrogens with one attached hydrogen (secondary N) is 1. The summed E-state index contributed by atoms with van der Waals surface area (Å²) in [6.07, 6.45) is 1.03. The zero-order valence-corrected chi connectivity index (χ0v) is 12.5. The molecule has 1 unspecified atom stereocenters. The Hall–Kier alpha value is -1.95. The lowest BCUT2D eigenvalue weighted by molar-refractivity contribution is 0.279. The minimum atomic E-state index is -0.333. The number of aromatic nitrogens is 2. The Kier molecular flexibility index (Phi) is 5.27. The normalized spacial score (nSPS) is 12.4. The smallest absolute Gasteiger partial charge is 0.223 e. The second-order valence-electron chi connectivity index (χ2n) is 4.88. The molecule has 1 atom stereocenters. The highest BCUT2D eigenvalue weighted by molar-refractivity contribution is 5.36. The molecular formula is C15H20FN3O2. The second-order valence-corrected chi connectivity index (χ2v) is 4.88. The molecule has 0 saturated carbocycles. The van der Waals surface area contributed by atoms with Crippen LogP contribution in [0.15, 0.2) is 22.7 Å². The lowest BCUT2D eigenvalue weighted by atomic mass is 10.1. The highest BCUT2D eigenvalue weighted by Gasteiger charge is 2.13. The molecule has 0 saturated heterocycles. The van der Waals surface area contributed by atoms with E-state index in [1.54, 1.807) is 13.0 Å². The molecule has 1 aromatic heterocycles. The summed E-state index contributed by atoms with van der Waals surface area (Å²) in [5.74, 6) is 1.08. The monoisotopic (exact) mass is 293 g/mol. The van der Waals surface area contributed by atoms with Crippen LogP contribution in [0.2, 0.25) is 0 Å². The first-order chi connectivity index (χ1) is 10.1. The maximum atomic E-state index is 13.4. The average molecular weight is 293 g/mol. The molecule has 0 amide bonds. The predicted molar refractivity (Wildman–Crippen MR) is 76.5 cm³/mol. The molecule has 21 heavy (non-hydrogen) atoms. The number of halogens is 1. The Morgan fingerprint density at radius 3 is 2.90 bits per heavy atom. The topological polar surface area (TPSA) is 60.2 Å². The minimum absolute atomic E-state index is 0.0764. The number of rotatable bonds is 7. The molecule has 0 radical (unpaired) electrons. The van der Waals surface area contributed by atoms with Crippen molar-refractivity contribution in [2.75, 3.05) is 6.54 Å². The number of hydrogen-bond donors (Lipinski definition) is 1. The van der Waals surface area contributed by atoms with Crippen LogP contribution >= 0.6 is 0 Å². The third-order valence-electron chi connectivity index (χ3n) is 3.07. The van der Waals surface area contributed by atoms with Gasteiger partial charge < -0.3 is 14.6 Å². The molecule has 0 bridgehead atoms. The summed E-state index contributed by atoms with van der Waals surface area (Å²) in [5.41, 5.74) is 0.907. The highest BCUT2D eigenvalue weighted by Crippen LogP contribution is 2.26. The van der Waals surface area contributed by atoms with Gasteiger partial charge in [0.05, 0.1) is 0 Å². The van der Waals surface area contributed by atoms with Crippen molar-refractivity contribution < 1.29 is 13.7 Å². The summed E-state index contributed by atoms with van der Waals surface area (Å²) in [5, 5.41) is 7.12. The van der Waals surface area contributed by atoms with Gasteiger partial charge in [-0.05, 0) is 26.0 Å². The van der Waals surface area contributed by atoms with Crippen molar-refractivity contribution in [3.63, 3.8) is 0 Å². The fourth-order valence-electron chi connectivity index (χ4n) is 2.00. The van der Waals surface area contributed by atoms with Gasteiger partial charge in [-0.3, -0.25) is 0 Å². The molecule has 1 heterocycles. The van der Waals surface area contributed by atoms with Crippen molar-refractivity contribution in [1.82, 2.24) is 15.5 Å². The lowest BCUT2D eigenvalue weighted by Gasteiger charge is -2.17. The summed E-state index contributed by atoms with van der Waals surface area (Å²) >= 11 is 0. The molecular weight excluding hydrogens is 273 g/mol. The molecule has 0 aliphatic heterocycles. The van der Waals surface area contributed by atoms with E-state index in [1.165, 1.54) is 12.1 Å². The molecule has 1 N–H and O–H groups in total. The van der Waals surface area contributed by atoms with E-state index in [1.807, 2.05) is 6.92 Å². The lowest BCUT2D eigenvalue weighted by Crippen LogP contribution is -2.20. The van der Waals surface area contributed by atoms with Crippen LogP contribution in [0, 0.1) is 12.7 Å². The maximum Gasteiger partial charge on any atom is 0.223 e. The third kappa shape index (κ3) is 4.26. The number of benzene rings is 1. The quantitative estimate of drug-likeness (QED) is 0.849. The van der Waals surface area contributed by atoms with Gasteiger partial charge in [0, 0.05) is 24.6 Å². The molecule has 0 aliphatic rings. The van der Waals surface area contributed by atoms with Crippen molar-refractivity contribution in [3.8, 4) is 5.75 Å². The van der Waals surface area contributed by atoms with Crippen molar-refractivity contribution >= 4 is 0 Å². The van der Waals surface area contributed by atoms with Gasteiger partial charge in [0.2, 0.25) is 11.7 Å². The van der Waals surface area contributed by atoms with Crippen LogP contribution in [0.3, 0.4) is 0 Å². The second kappa shape index (κ2) is 7.17. The van der Waals surface area contributed by atoms with Gasteiger partial charge in [0.15, 0.2) is 6.61 Å². The molecule has 0 aliphatic carbocycles. The van der Waals surface area contributed by atoms with Crippen LogP contribution in [-0.4, -0.2) is 16.7 Å². The summed E-state index contributed by atoms with van der Waals surface area (Å²) < 4.78 is 24.0. The first-order valence-electron chi connectivity index (χ1n) is 7.05. The van der Waals surface area contributed by atoms with E-state index in [4.69, 9.17) is 9.26 Å². The molecule has 114 valence electrons. The van der Waals surface area contributed by atoms with Gasteiger partial charge in [0.25, 0.3) is 0 Å². The first-order valence-corrected chi connectivity index (χ1v) is 7.05. The maximum absolute atomic E-state index is 13.4. The van der Waals surface area contributed by atoms with Crippen molar-refractivity contribution in [2.45, 2.75) is 39.8 Å². The number of aryl methyl sites for hydroxylation is 1. The summed E-state index contributed by atoms with van der Waals surface area (Å²) in [4.78, 5) is 4.06. The minimum Gasteiger partial charge on any atom is -0.485 e. The van der Waals surface area contributed by atoms with E-state index in [9.17, 15) is 4.39 Å². The van der Waals surface area contributed by atoms with E-state index in [-0.39, 0.29) is 18.5 Å². The van der Waals surface area contributed by atoms with Crippen molar-refractivity contribution in [1.29, 1.82) is 0 Å². The van der Waals surface area contributed by atoms with Crippen LogP contribution in [-0.2, 0) is 6.61 Å². The average Bonchev–Trinajstić information content (AvgIpc) is 2.88. The van der Waals surface area contributed by atoms with E-state index in [2.05, 4.69) is 22.4 Å². The van der Waals surface area contributed by atoms with Crippen LogP contribution in [0.5, 0.6) is 5.75 Å². The molecule has 1 aromatic carbocycles. The number of hydrogen-bond acceptors (Lipinski definition) is 5. The van der Waals surface area contributed by atoms with Crippen LogP contribution < -0.4 is 10.1 Å². The van der Waals surface area contributed by atoms with Gasteiger partial charge in [0.1, 0.15) is 11.6 Å². The van der Waals surface area contributed by atoms with Gasteiger partial charge in [-0.25, -0.2) is 4.39 Å². The number of ether oxygens (including phenoxy) is 1. The van der Waals surface area contributed by atoms with E-state index in [0.717, 1.165) is 18.5 Å². The molecule has 6 heteroatoms. The van der Waals surface area contributed by atoms with Crippen molar-refractivity contribution in [2.24, 2.45) is 0 Å². The zero-order valence-electron chi connectivity index (χ0n) is 12.5. The van der Waals surface area contributed by atoms with Crippen molar-refractivity contribution in [3.05, 3.63) is 41.3 Å². The summed E-state index contributed by atoms with van der Waals surface area (Å²) in [6, 6.07) is 4.63. The Balaban J connectivity index is 2.10. The van der Waals surface area contributed by atoms with Gasteiger partial charge in [-0.2, -0.15) is 4.98 Å². The Morgan fingerprint density at radius 2 is 2.24 bits per heavy atom. The van der Waals surface area contributed by atoms with E-state index < -0.39 is 0 Å². The zero-order chi connectivity index (χ0) is 15.2. The van der Waals surface area contributed by atoms with E-state index >= 15 is 0 Å². The molecule has 2 rings (SSSR count). The SMILES string of the molecule is CCCNC(C)c1ccc(F)cc1OCc1noc(C)n1. The van der Waals surface area contributed by atoms with Gasteiger partial charge >= 0.3 is 0 Å². The molecule has 0 fully saturated rings. The standard InChI is InChI=1S/C15H20FN3O2/c1-4-7-17-10(2)13-6-5-12(16)8-14(13)20-9-15-18-11(3)21-19-15/h5-6,8,10,17H,4,7,9H2,1-3H3. The first kappa shape index (κ1) is 15.4. The number of nitrogens with zero attached hydrogens (tertiary/aromatic N) is 2. The Morgan fingerprint density at radius 1 is 1.43 bits per heavy atom. The van der Waals surface area contributed by atoms with E-state index in [0.29, 0.717) is 17.5 Å². The summed E-state index contributed by atoms with van der Waals surface area (Å²) in [6.45, 7) is 6.87. The predicted octanol–water partition coefficient (Wildman–Crippen LogP) is 3.16. The molecule has 2 aromatic rings. The largest absolute Gasteiger partial charge is 0.485 e. The van der Waals surface area contributed by atoms with Gasteiger partial charge in [-0.15, -0.1) is 0 Å². The molecule has 5 nitrogen and oxygen atoms in total. The van der Waals surface area contributed by atoms with Crippen LogP contribution in [0.1, 0.15) is 43.6 Å². The van der Waals surface area contributed by atoms with Crippen LogP contribution in [0.25, 0.3) is 0 Å². The summed E-state index contributed by atoms with van der Waals surface area (Å²) in [7, 11) is 0. The Bertz CT molecular complexity index is 586.